The van der Waals surface area contributed by atoms with Crippen LogP contribution in [-0.2, 0) is 4.79 Å². The van der Waals surface area contributed by atoms with E-state index in [1.54, 1.807) is 34.2 Å². The highest BCUT2D eigenvalue weighted by Gasteiger charge is 2.56. The maximum atomic E-state index is 13.3. The molecule has 1 N–H and O–H groups in total. The van der Waals surface area contributed by atoms with Crippen molar-refractivity contribution in [1.82, 2.24) is 19.7 Å². The summed E-state index contributed by atoms with van der Waals surface area (Å²) in [5, 5.41) is 3.46. The lowest BCUT2D eigenvalue weighted by Crippen LogP contribution is -2.55. The number of nitrogens with one attached hydrogen (secondary N) is 1. The third-order valence-corrected chi connectivity index (χ3v) is 7.47. The van der Waals surface area contributed by atoms with Crippen LogP contribution in [0.4, 0.5) is 15.3 Å². The van der Waals surface area contributed by atoms with E-state index in [-0.39, 0.29) is 36.5 Å². The van der Waals surface area contributed by atoms with E-state index in [2.05, 4.69) is 10.3 Å². The van der Waals surface area contributed by atoms with E-state index in [4.69, 9.17) is 11.6 Å². The van der Waals surface area contributed by atoms with Crippen molar-refractivity contribution < 1.29 is 14.4 Å². The number of halogens is 1. The molecule has 1 saturated carbocycles. The van der Waals surface area contributed by atoms with Gasteiger partial charge in [-0.25, -0.2) is 9.59 Å². The van der Waals surface area contributed by atoms with Crippen molar-refractivity contribution in [3.8, 4) is 11.3 Å². The summed E-state index contributed by atoms with van der Waals surface area (Å²) >= 11 is 6.36. The van der Waals surface area contributed by atoms with E-state index in [1.807, 2.05) is 48.5 Å². The number of benzene rings is 2. The second-order valence-electron chi connectivity index (χ2n) is 9.28. The van der Waals surface area contributed by atoms with Gasteiger partial charge in [0.2, 0.25) is 0 Å². The number of hydrogen-bond acceptors (Lipinski definition) is 4. The minimum atomic E-state index is -0.661. The van der Waals surface area contributed by atoms with Gasteiger partial charge in [-0.05, 0) is 30.2 Å². The summed E-state index contributed by atoms with van der Waals surface area (Å²) in [5.74, 6) is -0.0484. The van der Waals surface area contributed by atoms with Crippen LogP contribution >= 0.6 is 11.6 Å². The van der Waals surface area contributed by atoms with Crippen LogP contribution < -0.4 is 5.32 Å². The van der Waals surface area contributed by atoms with Crippen LogP contribution in [0.15, 0.2) is 72.9 Å². The molecule has 3 aromatic rings. The van der Waals surface area contributed by atoms with Crippen molar-refractivity contribution >= 4 is 35.3 Å². The number of anilines is 1. The molecule has 0 spiro atoms. The number of nitrogens with zero attached hydrogens (tertiary/aromatic N) is 4. The third kappa shape index (κ3) is 3.87. The molecule has 9 heteroatoms. The highest BCUT2D eigenvalue weighted by molar-refractivity contribution is 6.33. The summed E-state index contributed by atoms with van der Waals surface area (Å²) in [5.41, 5.74) is 2.94. The first-order valence-corrected chi connectivity index (χ1v) is 12.3. The summed E-state index contributed by atoms with van der Waals surface area (Å²) in [6, 6.07) is 19.4. The van der Waals surface area contributed by atoms with E-state index in [0.717, 1.165) is 12.0 Å². The smallest absolute Gasteiger partial charge is 0.320 e. The Morgan fingerprint density at radius 2 is 1.75 bits per heavy atom. The molecule has 8 nitrogen and oxygen atoms in total. The molecule has 36 heavy (non-hydrogen) atoms. The fraction of sp³-hybridized carbons (Fsp3) is 0.259. The molecule has 3 heterocycles. The number of carbonyl (C=O) groups is 3. The van der Waals surface area contributed by atoms with Gasteiger partial charge < -0.3 is 15.1 Å². The lowest BCUT2D eigenvalue weighted by molar-refractivity contribution is -0.129. The highest BCUT2D eigenvalue weighted by Crippen LogP contribution is 2.47. The number of amides is 5. The van der Waals surface area contributed by atoms with Crippen molar-refractivity contribution in [2.75, 3.05) is 25.0 Å². The van der Waals surface area contributed by atoms with Gasteiger partial charge in [0, 0.05) is 36.8 Å². The molecular weight excluding hydrogens is 478 g/mol. The largest absolute Gasteiger partial charge is 0.327 e. The Balaban J connectivity index is 1.16. The summed E-state index contributed by atoms with van der Waals surface area (Å²) in [6.45, 7) is 0.799. The van der Waals surface area contributed by atoms with Gasteiger partial charge in [0.1, 0.15) is 6.04 Å². The molecule has 5 amide bonds. The average molecular weight is 502 g/mol. The normalized spacial score (nSPS) is 23.0. The van der Waals surface area contributed by atoms with E-state index in [9.17, 15) is 14.4 Å². The van der Waals surface area contributed by atoms with Crippen LogP contribution in [0.3, 0.4) is 0 Å². The highest BCUT2D eigenvalue weighted by atomic mass is 35.5. The van der Waals surface area contributed by atoms with Crippen molar-refractivity contribution in [3.05, 3.63) is 83.5 Å². The van der Waals surface area contributed by atoms with Crippen molar-refractivity contribution in [2.24, 2.45) is 0 Å². The predicted molar refractivity (Wildman–Crippen MR) is 136 cm³/mol. The van der Waals surface area contributed by atoms with Crippen molar-refractivity contribution in [2.45, 2.75) is 24.4 Å². The first-order valence-electron chi connectivity index (χ1n) is 12.0. The maximum absolute atomic E-state index is 13.3. The molecule has 1 aromatic heterocycles. The minimum Gasteiger partial charge on any atom is -0.320 e. The number of carbonyl (C=O) groups excluding carboxylic acids is 3. The van der Waals surface area contributed by atoms with Crippen LogP contribution in [0.2, 0.25) is 5.02 Å². The van der Waals surface area contributed by atoms with Gasteiger partial charge in [-0.15, -0.1) is 0 Å². The van der Waals surface area contributed by atoms with Crippen molar-refractivity contribution in [1.29, 1.82) is 0 Å². The topological polar surface area (TPSA) is 85.8 Å². The Labute approximate surface area is 213 Å². The van der Waals surface area contributed by atoms with E-state index >= 15 is 0 Å². The van der Waals surface area contributed by atoms with Gasteiger partial charge >= 0.3 is 12.1 Å². The third-order valence-electron chi connectivity index (χ3n) is 7.14. The van der Waals surface area contributed by atoms with Gasteiger partial charge in [-0.2, -0.15) is 0 Å². The number of hydrogen-bond donors (Lipinski definition) is 1. The predicted octanol–water partition coefficient (Wildman–Crippen LogP) is 4.44. The van der Waals surface area contributed by atoms with E-state index in [1.165, 1.54) is 4.90 Å². The lowest BCUT2D eigenvalue weighted by atomic mass is 10.1. The van der Waals surface area contributed by atoms with Gasteiger partial charge in [-0.1, -0.05) is 60.1 Å². The summed E-state index contributed by atoms with van der Waals surface area (Å²) in [7, 11) is 0. The van der Waals surface area contributed by atoms with Crippen molar-refractivity contribution in [3.63, 3.8) is 0 Å². The molecule has 0 radical (unpaired) electrons. The van der Waals surface area contributed by atoms with Gasteiger partial charge in [0.15, 0.2) is 0 Å². The summed E-state index contributed by atoms with van der Waals surface area (Å²) in [6.07, 6.45) is 2.42. The number of aromatic nitrogens is 1. The van der Waals surface area contributed by atoms with E-state index in [0.29, 0.717) is 35.1 Å². The number of imide groups is 1. The quantitative estimate of drug-likeness (QED) is 0.535. The first-order chi connectivity index (χ1) is 17.5. The van der Waals surface area contributed by atoms with Gasteiger partial charge in [0.05, 0.1) is 22.9 Å². The van der Waals surface area contributed by atoms with Crippen LogP contribution in [0.5, 0.6) is 0 Å². The standard InChI is InChI=1S/C27H24ClN5O3/c28-20-10-5-4-9-18(20)24-21(11-6-12-29-24)30-26(35)31-13-14-32-23(16-31)25(34)33(27(32)36)22-15-19(22)17-7-2-1-3-8-17/h1-12,19,22-23H,13-16H2,(H,30,35)/t19-,22+,23?/m1/s1. The molecule has 182 valence electrons. The number of urea groups is 2. The number of pyridine rings is 1. The number of rotatable bonds is 4. The van der Waals surface area contributed by atoms with Crippen LogP contribution in [-0.4, -0.2) is 69.4 Å². The summed E-state index contributed by atoms with van der Waals surface area (Å²) < 4.78 is 0. The monoisotopic (exact) mass is 501 g/mol. The second kappa shape index (κ2) is 8.95. The van der Waals surface area contributed by atoms with Crippen LogP contribution in [0.1, 0.15) is 17.9 Å². The Bertz CT molecular complexity index is 1350. The first kappa shape index (κ1) is 22.5. The van der Waals surface area contributed by atoms with Gasteiger partial charge in [-0.3, -0.25) is 14.7 Å². The fourth-order valence-electron chi connectivity index (χ4n) is 5.20. The zero-order valence-corrected chi connectivity index (χ0v) is 20.1. The van der Waals surface area contributed by atoms with E-state index < -0.39 is 6.04 Å². The molecular formula is C27H24ClN5O3. The molecule has 6 rings (SSSR count). The van der Waals surface area contributed by atoms with Crippen LogP contribution in [0, 0.1) is 0 Å². The number of piperazine rings is 1. The number of fused-ring (bicyclic) bond motifs is 1. The Morgan fingerprint density at radius 3 is 2.56 bits per heavy atom. The summed E-state index contributed by atoms with van der Waals surface area (Å²) in [4.78, 5) is 48.6. The molecule has 2 aliphatic heterocycles. The molecule has 2 saturated heterocycles. The molecule has 2 aromatic carbocycles. The Morgan fingerprint density at radius 1 is 0.972 bits per heavy atom. The fourth-order valence-corrected chi connectivity index (χ4v) is 5.43. The Hall–Kier alpha value is -3.91. The lowest BCUT2D eigenvalue weighted by Gasteiger charge is -2.35. The SMILES string of the molecule is O=C(Nc1cccnc1-c1ccccc1Cl)N1CCN2C(=O)N([C@H]3C[C@@H]3c3ccccc3)C(=O)C2C1. The Kier molecular flexibility index (Phi) is 5.60. The molecule has 3 aliphatic rings. The molecule has 0 bridgehead atoms. The van der Waals surface area contributed by atoms with Gasteiger partial charge in [0.25, 0.3) is 5.91 Å². The molecule has 1 unspecified atom stereocenters. The second-order valence-corrected chi connectivity index (χ2v) is 9.68. The molecule has 3 fully saturated rings. The zero-order chi connectivity index (χ0) is 24.8. The van der Waals surface area contributed by atoms with Crippen LogP contribution in [0.25, 0.3) is 11.3 Å². The minimum absolute atomic E-state index is 0.117. The maximum Gasteiger partial charge on any atom is 0.327 e. The average Bonchev–Trinajstić information content (AvgIpc) is 3.65. The molecule has 3 atom stereocenters. The zero-order valence-electron chi connectivity index (χ0n) is 19.4. The molecule has 1 aliphatic carbocycles.